The first kappa shape index (κ1) is 22.1. The average molecular weight is 463 g/mol. The highest BCUT2D eigenvalue weighted by Crippen LogP contribution is 2.70. The summed E-state index contributed by atoms with van der Waals surface area (Å²) in [6, 6.07) is 18.3. The molecule has 8 nitrogen and oxygen atoms in total. The van der Waals surface area contributed by atoms with Crippen molar-refractivity contribution < 1.29 is 34.3 Å². The fourth-order valence-corrected chi connectivity index (χ4v) is 5.69. The molecule has 5 N–H and O–H groups in total. The fourth-order valence-electron chi connectivity index (χ4n) is 5.69. The number of benzene rings is 3. The zero-order chi connectivity index (χ0) is 24.3. The average Bonchev–Trinajstić information content (AvgIpc) is 3.22. The second-order valence-electron chi connectivity index (χ2n) is 8.62. The molecule has 8 heteroatoms. The summed E-state index contributed by atoms with van der Waals surface area (Å²) in [6.45, 7) is 0. The van der Waals surface area contributed by atoms with Crippen molar-refractivity contribution in [3.8, 4) is 23.0 Å². The zero-order valence-electron chi connectivity index (χ0n) is 18.6. The normalized spacial score (nSPS) is 29.1. The zero-order valence-corrected chi connectivity index (χ0v) is 18.6. The van der Waals surface area contributed by atoms with Crippen LogP contribution in [-0.2, 0) is 16.0 Å². The van der Waals surface area contributed by atoms with Gasteiger partial charge >= 0.3 is 0 Å². The molecular formula is C26H25NO7. The molecule has 5 atom stereocenters. The van der Waals surface area contributed by atoms with Crippen LogP contribution in [0.15, 0.2) is 66.7 Å². The predicted molar refractivity (Wildman–Crippen MR) is 122 cm³/mol. The Morgan fingerprint density at radius 2 is 1.71 bits per heavy atom. The maximum absolute atomic E-state index is 12.8. The maximum atomic E-state index is 12.8. The van der Waals surface area contributed by atoms with E-state index < -0.39 is 35.0 Å². The van der Waals surface area contributed by atoms with E-state index in [1.807, 2.05) is 6.07 Å². The highest BCUT2D eigenvalue weighted by atomic mass is 16.5. The molecule has 3 aromatic carbocycles. The van der Waals surface area contributed by atoms with Gasteiger partial charge in [-0.3, -0.25) is 4.79 Å². The molecule has 34 heavy (non-hydrogen) atoms. The summed E-state index contributed by atoms with van der Waals surface area (Å²) in [7, 11) is 2.92. The second-order valence-corrected chi connectivity index (χ2v) is 8.62. The number of carbonyl (C=O) groups is 1. The van der Waals surface area contributed by atoms with Crippen molar-refractivity contribution >= 4 is 5.91 Å². The number of carbonyl (C=O) groups excluding carboxylic acids is 1. The molecule has 1 aliphatic carbocycles. The largest absolute Gasteiger partial charge is 0.508 e. The van der Waals surface area contributed by atoms with Gasteiger partial charge in [-0.15, -0.1) is 0 Å². The van der Waals surface area contributed by atoms with Crippen LogP contribution in [0.5, 0.6) is 23.0 Å². The van der Waals surface area contributed by atoms with Gasteiger partial charge in [-0.2, -0.15) is 0 Å². The lowest BCUT2D eigenvalue weighted by molar-refractivity contribution is -0.154. The summed E-state index contributed by atoms with van der Waals surface area (Å²) in [6.07, 6.45) is -1.63. The summed E-state index contributed by atoms with van der Waals surface area (Å²) >= 11 is 0. The number of aliphatic hydroxyl groups excluding tert-OH is 1. The third kappa shape index (κ3) is 2.69. The van der Waals surface area contributed by atoms with E-state index in [2.05, 4.69) is 0 Å². The van der Waals surface area contributed by atoms with Gasteiger partial charge in [0.15, 0.2) is 11.2 Å². The van der Waals surface area contributed by atoms with Gasteiger partial charge in [0.1, 0.15) is 29.1 Å². The summed E-state index contributed by atoms with van der Waals surface area (Å²) in [5.41, 5.74) is 3.30. The lowest BCUT2D eigenvalue weighted by Gasteiger charge is -2.40. The number of ether oxygens (including phenoxy) is 3. The van der Waals surface area contributed by atoms with Crippen molar-refractivity contribution in [2.75, 3.05) is 14.2 Å². The Kier molecular flexibility index (Phi) is 4.96. The third-order valence-corrected chi connectivity index (χ3v) is 7.06. The van der Waals surface area contributed by atoms with Crippen LogP contribution in [0.25, 0.3) is 0 Å². The van der Waals surface area contributed by atoms with Gasteiger partial charge in [-0.1, -0.05) is 42.5 Å². The standard InChI is InChI=1S/C26H25NO7/c1-32-17-12-18(33-2)22-19(13-17)34-26(15-8-10-16(28)11-9-15)21(14-6-4-3-5-7-14)20(24(27)30)23(29)25(22,26)31/h3-13,20-21,23,28-29,31H,1-2H3,(H2,27,30)/t20-,21-,23-,25+,26+/m0/s1. The molecule has 1 fully saturated rings. The number of amides is 1. The van der Waals surface area contributed by atoms with E-state index in [-0.39, 0.29) is 22.8 Å². The molecule has 3 aromatic rings. The minimum atomic E-state index is -2.13. The van der Waals surface area contributed by atoms with Crippen molar-refractivity contribution in [3.63, 3.8) is 0 Å². The van der Waals surface area contributed by atoms with Crippen LogP contribution >= 0.6 is 0 Å². The van der Waals surface area contributed by atoms with Crippen LogP contribution in [-0.4, -0.2) is 41.6 Å². The SMILES string of the molecule is COc1cc(OC)c2c(c1)O[C@]1(c3ccc(O)cc3)[C@@H](c3ccccc3)[C@H](C(N)=O)[C@H](O)[C@]21O. The van der Waals surface area contributed by atoms with Gasteiger partial charge < -0.3 is 35.3 Å². The van der Waals surface area contributed by atoms with Gasteiger partial charge in [0, 0.05) is 18.1 Å². The molecule has 0 spiro atoms. The smallest absolute Gasteiger partial charge is 0.224 e. The molecule has 176 valence electrons. The summed E-state index contributed by atoms with van der Waals surface area (Å²) < 4.78 is 17.5. The molecule has 1 aliphatic heterocycles. The van der Waals surface area contributed by atoms with Crippen molar-refractivity contribution in [2.45, 2.75) is 23.2 Å². The van der Waals surface area contributed by atoms with E-state index in [1.165, 1.54) is 26.4 Å². The van der Waals surface area contributed by atoms with Crippen molar-refractivity contribution in [1.82, 2.24) is 0 Å². The fraction of sp³-hybridized carbons (Fsp3) is 0.269. The molecule has 1 heterocycles. The van der Waals surface area contributed by atoms with E-state index in [4.69, 9.17) is 19.9 Å². The molecule has 0 radical (unpaired) electrons. The lowest BCUT2D eigenvalue weighted by Crippen LogP contribution is -2.52. The summed E-state index contributed by atoms with van der Waals surface area (Å²) in [4.78, 5) is 12.8. The Morgan fingerprint density at radius 1 is 1.03 bits per heavy atom. The molecule has 2 aliphatic rings. The van der Waals surface area contributed by atoms with E-state index in [0.29, 0.717) is 16.9 Å². The number of nitrogens with two attached hydrogens (primary N) is 1. The minimum Gasteiger partial charge on any atom is -0.508 e. The molecule has 0 bridgehead atoms. The number of aromatic hydroxyl groups is 1. The number of phenolic OH excluding ortho intramolecular Hbond substituents is 1. The Hall–Kier alpha value is -3.75. The Bertz CT molecular complexity index is 1250. The van der Waals surface area contributed by atoms with Gasteiger partial charge in [0.25, 0.3) is 0 Å². The quantitative estimate of drug-likeness (QED) is 0.456. The first-order chi connectivity index (χ1) is 16.3. The molecule has 5 rings (SSSR count). The van der Waals surface area contributed by atoms with Crippen molar-refractivity contribution in [2.24, 2.45) is 11.7 Å². The Morgan fingerprint density at radius 3 is 2.29 bits per heavy atom. The molecule has 0 unspecified atom stereocenters. The topological polar surface area (TPSA) is 131 Å². The molecule has 1 saturated carbocycles. The molecule has 0 saturated heterocycles. The maximum Gasteiger partial charge on any atom is 0.224 e. The van der Waals surface area contributed by atoms with Gasteiger partial charge in [-0.25, -0.2) is 0 Å². The van der Waals surface area contributed by atoms with E-state index in [0.717, 1.165) is 0 Å². The number of phenols is 1. The van der Waals surface area contributed by atoms with Crippen LogP contribution in [0.3, 0.4) is 0 Å². The number of aliphatic hydroxyl groups is 2. The highest BCUT2D eigenvalue weighted by Gasteiger charge is 2.77. The first-order valence-electron chi connectivity index (χ1n) is 10.8. The molecule has 0 aromatic heterocycles. The van der Waals surface area contributed by atoms with Crippen LogP contribution in [0.1, 0.15) is 22.6 Å². The lowest BCUT2D eigenvalue weighted by atomic mass is 9.70. The monoisotopic (exact) mass is 463 g/mol. The van der Waals surface area contributed by atoms with Crippen molar-refractivity contribution in [1.29, 1.82) is 0 Å². The van der Waals surface area contributed by atoms with Gasteiger partial charge in [0.2, 0.25) is 5.91 Å². The number of fused-ring (bicyclic) bond motifs is 3. The van der Waals surface area contributed by atoms with E-state index in [9.17, 15) is 20.1 Å². The number of primary amides is 1. The molecule has 1 amide bonds. The van der Waals surface area contributed by atoms with Crippen molar-refractivity contribution in [3.05, 3.63) is 83.4 Å². The minimum absolute atomic E-state index is 0.0136. The predicted octanol–water partition coefficient (Wildman–Crippen LogP) is 2.14. The first-order valence-corrected chi connectivity index (χ1v) is 10.8. The Balaban J connectivity index is 1.89. The summed E-state index contributed by atoms with van der Waals surface area (Å²) in [5, 5.41) is 34.1. The Labute approximate surface area is 196 Å². The second kappa shape index (κ2) is 7.65. The van der Waals surface area contributed by atoms with E-state index in [1.54, 1.807) is 48.5 Å². The highest BCUT2D eigenvalue weighted by molar-refractivity contribution is 5.81. The number of rotatable bonds is 5. The van der Waals surface area contributed by atoms with Gasteiger partial charge in [-0.05, 0) is 23.3 Å². The van der Waals surface area contributed by atoms with Crippen LogP contribution in [0, 0.1) is 5.92 Å². The van der Waals surface area contributed by atoms with Crippen LogP contribution < -0.4 is 19.9 Å². The van der Waals surface area contributed by atoms with Gasteiger partial charge in [0.05, 0.1) is 25.7 Å². The number of hydrogen-bond donors (Lipinski definition) is 4. The van der Waals surface area contributed by atoms with Crippen LogP contribution in [0.4, 0.5) is 0 Å². The number of hydrogen-bond acceptors (Lipinski definition) is 7. The van der Waals surface area contributed by atoms with Crippen LogP contribution in [0.2, 0.25) is 0 Å². The summed E-state index contributed by atoms with van der Waals surface area (Å²) in [5.74, 6) is -1.93. The molecular weight excluding hydrogens is 438 g/mol. The third-order valence-electron chi connectivity index (χ3n) is 7.06. The van der Waals surface area contributed by atoms with E-state index >= 15 is 0 Å². The number of methoxy groups -OCH3 is 2.